The molecule has 2 aromatic carbocycles. The van der Waals surface area contributed by atoms with Crippen molar-refractivity contribution in [3.63, 3.8) is 0 Å². The van der Waals surface area contributed by atoms with Crippen LogP contribution < -0.4 is 21.7 Å². The van der Waals surface area contributed by atoms with E-state index in [-0.39, 0.29) is 5.02 Å². The summed E-state index contributed by atoms with van der Waals surface area (Å²) in [5.41, 5.74) is 16.5. The van der Waals surface area contributed by atoms with Crippen LogP contribution in [0, 0.1) is 5.82 Å². The molecule has 32 heavy (non-hydrogen) atoms. The predicted molar refractivity (Wildman–Crippen MR) is 128 cm³/mol. The fraction of sp³-hybridized carbons (Fsp3) is 0.304. The lowest BCUT2D eigenvalue weighted by atomic mass is 10.1. The van der Waals surface area contributed by atoms with Crippen LogP contribution in [-0.4, -0.2) is 44.3 Å². The number of allylic oxidation sites excluding steroid dienone is 1. The van der Waals surface area contributed by atoms with Gasteiger partial charge < -0.3 is 31.3 Å². The molecular formula is C23H26Cl2FN5O. The summed E-state index contributed by atoms with van der Waals surface area (Å²) in [5, 5.41) is 3.58. The minimum Gasteiger partial charge on any atom is -0.398 e. The maximum atomic E-state index is 14.0. The number of ether oxygens (including phenoxy) is 1. The van der Waals surface area contributed by atoms with E-state index in [0.29, 0.717) is 47.4 Å². The van der Waals surface area contributed by atoms with Crippen molar-refractivity contribution in [1.82, 2.24) is 10.2 Å². The molecule has 4 rings (SSSR count). The lowest BCUT2D eigenvalue weighted by molar-refractivity contribution is 0.122. The van der Waals surface area contributed by atoms with Crippen LogP contribution in [0.3, 0.4) is 0 Å². The molecule has 0 spiro atoms. The van der Waals surface area contributed by atoms with Crippen molar-refractivity contribution in [2.45, 2.75) is 6.54 Å². The molecule has 1 fully saturated rings. The summed E-state index contributed by atoms with van der Waals surface area (Å²) in [6, 6.07) is 10.9. The second-order valence-electron chi connectivity index (χ2n) is 7.71. The first kappa shape index (κ1) is 22.6. The topological polar surface area (TPSA) is 79.8 Å². The zero-order valence-corrected chi connectivity index (χ0v) is 19.1. The van der Waals surface area contributed by atoms with Crippen molar-refractivity contribution in [2.75, 3.05) is 44.3 Å². The number of nitrogens with zero attached hydrogens (tertiary/aromatic N) is 2. The molecule has 1 saturated heterocycles. The van der Waals surface area contributed by atoms with Gasteiger partial charge in [-0.25, -0.2) is 4.39 Å². The largest absolute Gasteiger partial charge is 0.398 e. The normalized spacial score (nSPS) is 17.5. The Balaban J connectivity index is 1.57. The predicted octanol–water partition coefficient (Wildman–Crippen LogP) is 3.50. The number of rotatable bonds is 5. The fourth-order valence-corrected chi connectivity index (χ4v) is 4.35. The van der Waals surface area contributed by atoms with Gasteiger partial charge in [0.2, 0.25) is 0 Å². The molecule has 5 N–H and O–H groups in total. The quantitative estimate of drug-likeness (QED) is 0.571. The molecule has 0 saturated carbocycles. The molecule has 2 aromatic rings. The summed E-state index contributed by atoms with van der Waals surface area (Å²) in [4.78, 5) is 4.28. The van der Waals surface area contributed by atoms with Crippen molar-refractivity contribution in [1.29, 1.82) is 0 Å². The molecule has 2 aliphatic heterocycles. The molecule has 170 valence electrons. The summed E-state index contributed by atoms with van der Waals surface area (Å²) < 4.78 is 19.4. The van der Waals surface area contributed by atoms with E-state index in [1.54, 1.807) is 0 Å². The number of morpholine rings is 1. The Hall–Kier alpha value is -2.61. The number of nitrogens with one attached hydrogen (secondary N) is 1. The van der Waals surface area contributed by atoms with E-state index in [2.05, 4.69) is 22.3 Å². The Morgan fingerprint density at radius 3 is 2.53 bits per heavy atom. The maximum absolute atomic E-state index is 14.0. The fourth-order valence-electron chi connectivity index (χ4n) is 3.86. The van der Waals surface area contributed by atoms with Crippen LogP contribution >= 0.6 is 23.2 Å². The van der Waals surface area contributed by atoms with E-state index in [0.717, 1.165) is 37.6 Å². The monoisotopic (exact) mass is 477 g/mol. The van der Waals surface area contributed by atoms with E-state index in [1.807, 2.05) is 23.1 Å². The van der Waals surface area contributed by atoms with Crippen LogP contribution in [0.4, 0.5) is 10.1 Å². The second kappa shape index (κ2) is 9.90. The number of nitrogens with two attached hydrogens (primary N) is 2. The summed E-state index contributed by atoms with van der Waals surface area (Å²) in [5.74, 6) is -0.0112. The van der Waals surface area contributed by atoms with Gasteiger partial charge in [-0.05, 0) is 35.9 Å². The lowest BCUT2D eigenvalue weighted by Gasteiger charge is -2.32. The van der Waals surface area contributed by atoms with Crippen LogP contribution in [0.2, 0.25) is 10.0 Å². The standard InChI is InChI=1S/C23H26Cl2FN5O/c24-18-5-6-19(26)22(25)17(18)14-31-8-7-29-23(28)21(31)13-20(27)15-1-3-16(4-2-15)30-9-11-32-12-10-30/h1-6,13,29H,7-12,14,27-28H2/b20-13-. The highest BCUT2D eigenvalue weighted by Gasteiger charge is 2.21. The molecule has 2 heterocycles. The van der Waals surface area contributed by atoms with E-state index < -0.39 is 5.82 Å². The first-order chi connectivity index (χ1) is 15.4. The van der Waals surface area contributed by atoms with Gasteiger partial charge in [-0.2, -0.15) is 0 Å². The Labute approximate surface area is 197 Å². The SMILES string of the molecule is NC1=C(/C=C(\N)c2ccc(N3CCOCC3)cc2)N(Cc2c(Cl)ccc(F)c2Cl)CCN1. The summed E-state index contributed by atoms with van der Waals surface area (Å²) in [6.45, 7) is 4.81. The number of anilines is 1. The van der Waals surface area contributed by atoms with Gasteiger partial charge in [0.15, 0.2) is 0 Å². The van der Waals surface area contributed by atoms with E-state index in [9.17, 15) is 4.39 Å². The number of hydrogen-bond acceptors (Lipinski definition) is 6. The average Bonchev–Trinajstić information content (AvgIpc) is 2.82. The highest BCUT2D eigenvalue weighted by atomic mass is 35.5. The average molecular weight is 478 g/mol. The van der Waals surface area contributed by atoms with Gasteiger partial charge >= 0.3 is 0 Å². The smallest absolute Gasteiger partial charge is 0.142 e. The van der Waals surface area contributed by atoms with E-state index >= 15 is 0 Å². The van der Waals surface area contributed by atoms with Gasteiger partial charge in [0.1, 0.15) is 11.6 Å². The van der Waals surface area contributed by atoms with E-state index in [4.69, 9.17) is 39.4 Å². The van der Waals surface area contributed by atoms with Crippen molar-refractivity contribution >= 4 is 34.6 Å². The maximum Gasteiger partial charge on any atom is 0.142 e. The van der Waals surface area contributed by atoms with Crippen LogP contribution in [0.25, 0.3) is 5.70 Å². The molecule has 9 heteroatoms. The molecule has 0 amide bonds. The second-order valence-corrected chi connectivity index (χ2v) is 8.50. The molecule has 0 atom stereocenters. The summed E-state index contributed by atoms with van der Waals surface area (Å²) in [6.07, 6.45) is 1.83. The third-order valence-electron chi connectivity index (χ3n) is 5.67. The number of halogens is 3. The molecule has 0 bridgehead atoms. The van der Waals surface area contributed by atoms with Gasteiger partial charge in [-0.15, -0.1) is 0 Å². The van der Waals surface area contributed by atoms with Crippen LogP contribution in [-0.2, 0) is 11.3 Å². The lowest BCUT2D eigenvalue weighted by Crippen LogP contribution is -2.41. The Morgan fingerprint density at radius 2 is 1.81 bits per heavy atom. The Morgan fingerprint density at radius 1 is 1.09 bits per heavy atom. The molecule has 2 aliphatic rings. The van der Waals surface area contributed by atoms with Crippen molar-refractivity contribution in [3.8, 4) is 0 Å². The first-order valence-electron chi connectivity index (χ1n) is 10.5. The molecule has 0 aliphatic carbocycles. The van der Waals surface area contributed by atoms with Gasteiger partial charge in [0, 0.05) is 54.7 Å². The zero-order valence-electron chi connectivity index (χ0n) is 17.6. The molecule has 0 unspecified atom stereocenters. The van der Waals surface area contributed by atoms with Gasteiger partial charge in [0.25, 0.3) is 0 Å². The van der Waals surface area contributed by atoms with Crippen molar-refractivity contribution < 1.29 is 9.13 Å². The minimum atomic E-state index is -0.505. The van der Waals surface area contributed by atoms with Crippen LogP contribution in [0.15, 0.2) is 54.0 Å². The third kappa shape index (κ3) is 4.90. The van der Waals surface area contributed by atoms with E-state index in [1.165, 1.54) is 12.1 Å². The third-order valence-corrected chi connectivity index (χ3v) is 6.43. The van der Waals surface area contributed by atoms with Crippen LogP contribution in [0.1, 0.15) is 11.1 Å². The first-order valence-corrected chi connectivity index (χ1v) is 11.2. The minimum absolute atomic E-state index is 0.0182. The highest BCUT2D eigenvalue weighted by molar-refractivity contribution is 6.36. The Kier molecular flexibility index (Phi) is 6.98. The van der Waals surface area contributed by atoms with Gasteiger partial charge in [0.05, 0.1) is 23.9 Å². The Bertz CT molecular complexity index is 1040. The van der Waals surface area contributed by atoms with Gasteiger partial charge in [-0.1, -0.05) is 35.3 Å². The molecule has 0 radical (unpaired) electrons. The number of hydrogen-bond donors (Lipinski definition) is 3. The number of benzene rings is 2. The molecular weight excluding hydrogens is 452 g/mol. The summed E-state index contributed by atoms with van der Waals surface area (Å²) >= 11 is 12.5. The highest BCUT2D eigenvalue weighted by Crippen LogP contribution is 2.30. The van der Waals surface area contributed by atoms with Crippen molar-refractivity contribution in [2.24, 2.45) is 11.5 Å². The van der Waals surface area contributed by atoms with Crippen LogP contribution in [0.5, 0.6) is 0 Å². The van der Waals surface area contributed by atoms with Gasteiger partial charge in [-0.3, -0.25) is 0 Å². The molecule has 0 aromatic heterocycles. The molecule has 6 nitrogen and oxygen atoms in total. The van der Waals surface area contributed by atoms with Crippen molar-refractivity contribution in [3.05, 3.63) is 81.0 Å². The summed E-state index contributed by atoms with van der Waals surface area (Å²) in [7, 11) is 0. The zero-order chi connectivity index (χ0) is 22.7.